The minimum atomic E-state index is -3.64. The normalized spacial score (nSPS) is 24.7. The second-order valence-corrected chi connectivity index (χ2v) is 15.0. The van der Waals surface area contributed by atoms with Crippen molar-refractivity contribution in [3.63, 3.8) is 0 Å². The van der Waals surface area contributed by atoms with E-state index in [1.807, 2.05) is 37.3 Å². The summed E-state index contributed by atoms with van der Waals surface area (Å²) >= 11 is 7.01. The quantitative estimate of drug-likeness (QED) is 0.188. The molecular weight excluding hydrogens is 575 g/mol. The number of thiocarbonyl (C=S) groups is 1. The molecule has 0 atom stereocenters. The maximum absolute atomic E-state index is 13.4. The lowest BCUT2D eigenvalue weighted by Crippen LogP contribution is -2.59. The van der Waals surface area contributed by atoms with Gasteiger partial charge in [-0.2, -0.15) is 0 Å². The molecule has 0 amide bonds. The Balaban J connectivity index is 1.16. The van der Waals surface area contributed by atoms with Crippen LogP contribution in [0, 0.1) is 24.7 Å². The van der Waals surface area contributed by atoms with Gasteiger partial charge >= 0.3 is 5.97 Å². The van der Waals surface area contributed by atoms with Crippen molar-refractivity contribution in [3.8, 4) is 11.1 Å². The Labute approximate surface area is 251 Å². The molecule has 0 spiro atoms. The van der Waals surface area contributed by atoms with Gasteiger partial charge in [0, 0.05) is 21.7 Å². The van der Waals surface area contributed by atoms with Crippen LogP contribution in [0.1, 0.15) is 60.7 Å². The van der Waals surface area contributed by atoms with Crippen molar-refractivity contribution >= 4 is 55.3 Å². The molecule has 0 aliphatic heterocycles. The van der Waals surface area contributed by atoms with E-state index in [9.17, 15) is 13.2 Å². The van der Waals surface area contributed by atoms with Crippen LogP contribution in [0.15, 0.2) is 59.5 Å². The van der Waals surface area contributed by atoms with Gasteiger partial charge in [0.15, 0.2) is 5.11 Å². The summed E-state index contributed by atoms with van der Waals surface area (Å²) in [5.74, 6) is 1.56. The predicted octanol–water partition coefficient (Wildman–Crippen LogP) is 6.96. The summed E-state index contributed by atoms with van der Waals surface area (Å²) < 4.78 is 35.3. The first-order valence-corrected chi connectivity index (χ1v) is 16.9. The van der Waals surface area contributed by atoms with Crippen molar-refractivity contribution in [1.82, 2.24) is 4.72 Å². The SMILES string of the molecule is CCOC(=O)c1c(NC(=S)Nc2ccc(S(=O)(=O)NC34CC5CC(CC(C5)C3)C4)cc2)sc(C)c1-c1ccccc1. The van der Waals surface area contributed by atoms with Crippen LogP contribution in [0.25, 0.3) is 11.1 Å². The van der Waals surface area contributed by atoms with E-state index < -0.39 is 16.0 Å². The molecule has 7 rings (SSSR count). The highest BCUT2D eigenvalue weighted by atomic mass is 32.2. The molecule has 216 valence electrons. The maximum atomic E-state index is 13.4. The van der Waals surface area contributed by atoms with Crippen LogP contribution >= 0.6 is 23.6 Å². The number of carbonyl (C=O) groups excluding carboxylic acids is 1. The minimum absolute atomic E-state index is 0.253. The van der Waals surface area contributed by atoms with Gasteiger partial charge in [0.25, 0.3) is 0 Å². The van der Waals surface area contributed by atoms with E-state index in [1.54, 1.807) is 31.2 Å². The number of hydrogen-bond donors (Lipinski definition) is 3. The van der Waals surface area contributed by atoms with Crippen molar-refractivity contribution in [2.24, 2.45) is 17.8 Å². The number of esters is 1. The third-order valence-corrected chi connectivity index (χ3v) is 11.5. The second kappa shape index (κ2) is 11.1. The molecule has 4 fully saturated rings. The number of nitrogens with one attached hydrogen (secondary N) is 3. The molecule has 3 N–H and O–H groups in total. The third kappa shape index (κ3) is 5.80. The van der Waals surface area contributed by atoms with Crippen LogP contribution in [-0.2, 0) is 14.8 Å². The largest absolute Gasteiger partial charge is 0.462 e. The summed E-state index contributed by atoms with van der Waals surface area (Å²) in [7, 11) is -3.64. The van der Waals surface area contributed by atoms with Gasteiger partial charge in [-0.25, -0.2) is 17.9 Å². The van der Waals surface area contributed by atoms with Crippen molar-refractivity contribution < 1.29 is 17.9 Å². The first-order chi connectivity index (χ1) is 19.6. The zero-order valence-electron chi connectivity index (χ0n) is 23.2. The molecule has 41 heavy (non-hydrogen) atoms. The summed E-state index contributed by atoms with van der Waals surface area (Å²) in [4.78, 5) is 14.2. The van der Waals surface area contributed by atoms with E-state index in [0.29, 0.717) is 39.1 Å². The third-order valence-electron chi connectivity index (χ3n) is 8.66. The smallest absolute Gasteiger partial charge is 0.341 e. The number of aryl methyl sites for hydroxylation is 1. The Hall–Kier alpha value is -2.79. The summed E-state index contributed by atoms with van der Waals surface area (Å²) in [5.41, 5.74) is 2.55. The summed E-state index contributed by atoms with van der Waals surface area (Å²) in [6.45, 7) is 4.01. The first kappa shape index (κ1) is 28.3. The molecule has 10 heteroatoms. The number of carbonyl (C=O) groups is 1. The fourth-order valence-electron chi connectivity index (χ4n) is 7.55. The fourth-order valence-corrected chi connectivity index (χ4v) is 10.3. The van der Waals surface area contributed by atoms with Crippen LogP contribution in [0.5, 0.6) is 0 Å². The van der Waals surface area contributed by atoms with Gasteiger partial charge in [0.2, 0.25) is 10.0 Å². The number of benzene rings is 2. The monoisotopic (exact) mass is 609 g/mol. The van der Waals surface area contributed by atoms with Crippen LogP contribution in [-0.4, -0.2) is 31.6 Å². The Morgan fingerprint density at radius 1 is 0.976 bits per heavy atom. The molecule has 1 heterocycles. The average Bonchev–Trinajstić information content (AvgIpc) is 3.23. The number of anilines is 2. The Morgan fingerprint density at radius 3 is 2.17 bits per heavy atom. The van der Waals surface area contributed by atoms with Crippen molar-refractivity contribution in [3.05, 3.63) is 65.0 Å². The molecule has 1 aromatic heterocycles. The number of rotatable bonds is 8. The van der Waals surface area contributed by atoms with Crippen LogP contribution in [0.2, 0.25) is 0 Å². The van der Waals surface area contributed by atoms with E-state index in [4.69, 9.17) is 17.0 Å². The zero-order chi connectivity index (χ0) is 28.8. The van der Waals surface area contributed by atoms with E-state index in [1.165, 1.54) is 30.6 Å². The maximum Gasteiger partial charge on any atom is 0.341 e. The van der Waals surface area contributed by atoms with E-state index in [2.05, 4.69) is 15.4 Å². The van der Waals surface area contributed by atoms with Crippen molar-refractivity contribution in [1.29, 1.82) is 0 Å². The van der Waals surface area contributed by atoms with Crippen molar-refractivity contribution in [2.75, 3.05) is 17.2 Å². The highest BCUT2D eigenvalue weighted by Crippen LogP contribution is 2.56. The topological polar surface area (TPSA) is 96.5 Å². The summed E-state index contributed by atoms with van der Waals surface area (Å²) in [6.07, 6.45) is 6.65. The molecule has 4 saturated carbocycles. The molecule has 0 saturated heterocycles. The molecule has 4 aliphatic carbocycles. The van der Waals surface area contributed by atoms with Crippen LogP contribution in [0.3, 0.4) is 0 Å². The van der Waals surface area contributed by atoms with Gasteiger partial charge in [0.05, 0.1) is 11.5 Å². The van der Waals surface area contributed by atoms with E-state index in [0.717, 1.165) is 35.3 Å². The molecule has 7 nitrogen and oxygen atoms in total. The van der Waals surface area contributed by atoms with Crippen molar-refractivity contribution in [2.45, 2.75) is 62.8 Å². The number of sulfonamides is 1. The Morgan fingerprint density at radius 2 is 1.59 bits per heavy atom. The Bertz CT molecular complexity index is 1530. The fraction of sp³-hybridized carbons (Fsp3) is 0.419. The van der Waals surface area contributed by atoms with Crippen LogP contribution < -0.4 is 15.4 Å². The number of thiophene rings is 1. The number of hydrogen-bond acceptors (Lipinski definition) is 6. The molecule has 2 aromatic carbocycles. The molecule has 3 aromatic rings. The predicted molar refractivity (Wildman–Crippen MR) is 168 cm³/mol. The highest BCUT2D eigenvalue weighted by molar-refractivity contribution is 7.89. The first-order valence-electron chi connectivity index (χ1n) is 14.2. The molecule has 4 bridgehead atoms. The number of ether oxygens (including phenoxy) is 1. The van der Waals surface area contributed by atoms with Gasteiger partial charge in [-0.1, -0.05) is 30.3 Å². The lowest BCUT2D eigenvalue weighted by atomic mass is 9.53. The van der Waals surface area contributed by atoms with E-state index >= 15 is 0 Å². The van der Waals surface area contributed by atoms with E-state index in [-0.39, 0.29) is 17.0 Å². The lowest BCUT2D eigenvalue weighted by Gasteiger charge is -2.56. The zero-order valence-corrected chi connectivity index (χ0v) is 25.7. The summed E-state index contributed by atoms with van der Waals surface area (Å²) in [5, 5.41) is 7.17. The minimum Gasteiger partial charge on any atom is -0.462 e. The summed E-state index contributed by atoms with van der Waals surface area (Å²) in [6, 6.07) is 16.4. The second-order valence-electron chi connectivity index (χ2n) is 11.7. The van der Waals surface area contributed by atoms with Crippen LogP contribution in [0.4, 0.5) is 10.7 Å². The Kier molecular flexibility index (Phi) is 7.69. The molecular formula is C31H35N3O4S3. The standard InChI is InChI=1S/C31H35N3O4S3/c1-3-38-29(35)27-26(23-7-5-4-6-8-23)19(2)40-28(27)33-30(39)32-24-9-11-25(12-10-24)41(36,37)34-31-16-20-13-21(17-31)15-22(14-20)18-31/h4-12,20-22,34H,3,13-18H2,1-2H3,(H2,32,33,39). The van der Waals surface area contributed by atoms with Gasteiger partial charge < -0.3 is 15.4 Å². The average molecular weight is 610 g/mol. The van der Waals surface area contributed by atoms with Gasteiger partial charge in [-0.05, 0) is 112 Å². The molecule has 0 unspecified atom stereocenters. The lowest BCUT2D eigenvalue weighted by molar-refractivity contribution is -0.00810. The van der Waals surface area contributed by atoms with Gasteiger partial charge in [-0.3, -0.25) is 0 Å². The highest BCUT2D eigenvalue weighted by Gasteiger charge is 2.52. The van der Waals surface area contributed by atoms with Gasteiger partial charge in [-0.15, -0.1) is 11.3 Å². The molecule has 0 radical (unpaired) electrons. The molecule has 4 aliphatic rings. The van der Waals surface area contributed by atoms with Gasteiger partial charge in [0.1, 0.15) is 10.6 Å².